The Balaban J connectivity index is 1.60. The number of likely N-dealkylation sites (tertiary alicyclic amines) is 1. The summed E-state index contributed by atoms with van der Waals surface area (Å²) in [5.41, 5.74) is 3.14. The van der Waals surface area contributed by atoms with Gasteiger partial charge in [0.1, 0.15) is 5.75 Å². The summed E-state index contributed by atoms with van der Waals surface area (Å²) in [7, 11) is 0. The molecular weight excluding hydrogens is 356 g/mol. The smallest absolute Gasteiger partial charge is 0.335 e. The third-order valence-electron chi connectivity index (χ3n) is 5.16. The average Bonchev–Trinajstić information content (AvgIpc) is 2.72. The number of pyridine rings is 1. The zero-order valence-corrected chi connectivity index (χ0v) is 16.4. The van der Waals surface area contributed by atoms with E-state index in [1.54, 1.807) is 12.1 Å². The SMILES string of the molecule is CCc1nc(C)ccc1OCC(=O)N1CCC[C@H](c2ccc(C(=O)O)cc2)C1. The molecule has 1 fully saturated rings. The molecule has 0 spiro atoms. The largest absolute Gasteiger partial charge is 0.482 e. The minimum Gasteiger partial charge on any atom is -0.482 e. The maximum Gasteiger partial charge on any atom is 0.335 e. The minimum absolute atomic E-state index is 0.00239. The molecule has 1 aromatic heterocycles. The van der Waals surface area contributed by atoms with Gasteiger partial charge in [0.15, 0.2) is 6.61 Å². The molecule has 28 heavy (non-hydrogen) atoms. The van der Waals surface area contributed by atoms with Gasteiger partial charge in [-0.1, -0.05) is 19.1 Å². The zero-order chi connectivity index (χ0) is 20.1. The van der Waals surface area contributed by atoms with Crippen LogP contribution < -0.4 is 4.74 Å². The lowest BCUT2D eigenvalue weighted by atomic mass is 9.90. The lowest BCUT2D eigenvalue weighted by molar-refractivity contribution is -0.134. The quantitative estimate of drug-likeness (QED) is 0.828. The van der Waals surface area contributed by atoms with Crippen LogP contribution in [0.15, 0.2) is 36.4 Å². The van der Waals surface area contributed by atoms with Crippen molar-refractivity contribution >= 4 is 11.9 Å². The number of benzene rings is 1. The van der Waals surface area contributed by atoms with E-state index in [4.69, 9.17) is 9.84 Å². The number of carboxylic acids is 1. The number of nitrogens with zero attached hydrogens (tertiary/aromatic N) is 2. The molecule has 1 aliphatic heterocycles. The Morgan fingerprint density at radius 2 is 1.96 bits per heavy atom. The molecule has 1 aliphatic rings. The monoisotopic (exact) mass is 382 g/mol. The molecule has 2 aromatic rings. The Morgan fingerprint density at radius 1 is 1.21 bits per heavy atom. The van der Waals surface area contributed by atoms with Gasteiger partial charge in [0.2, 0.25) is 0 Å². The van der Waals surface area contributed by atoms with E-state index in [1.165, 1.54) is 0 Å². The van der Waals surface area contributed by atoms with E-state index in [0.717, 1.165) is 42.8 Å². The van der Waals surface area contributed by atoms with Crippen molar-refractivity contribution in [2.45, 2.75) is 39.0 Å². The number of aromatic nitrogens is 1. The minimum atomic E-state index is -0.929. The summed E-state index contributed by atoms with van der Waals surface area (Å²) in [6, 6.07) is 10.7. The van der Waals surface area contributed by atoms with Gasteiger partial charge in [0, 0.05) is 24.7 Å². The second-order valence-electron chi connectivity index (χ2n) is 7.15. The van der Waals surface area contributed by atoms with Crippen LogP contribution in [0.1, 0.15) is 53.0 Å². The van der Waals surface area contributed by atoms with Crippen molar-refractivity contribution in [2.75, 3.05) is 19.7 Å². The molecule has 1 N–H and O–H groups in total. The molecule has 0 bridgehead atoms. The number of hydrogen-bond donors (Lipinski definition) is 1. The number of piperidine rings is 1. The first-order valence-electron chi connectivity index (χ1n) is 9.68. The molecule has 2 heterocycles. The first kappa shape index (κ1) is 19.9. The van der Waals surface area contributed by atoms with Crippen LogP contribution in [0.2, 0.25) is 0 Å². The van der Waals surface area contributed by atoms with E-state index in [9.17, 15) is 9.59 Å². The summed E-state index contributed by atoms with van der Waals surface area (Å²) >= 11 is 0. The van der Waals surface area contributed by atoms with Gasteiger partial charge in [-0.15, -0.1) is 0 Å². The van der Waals surface area contributed by atoms with Gasteiger partial charge >= 0.3 is 5.97 Å². The molecule has 0 unspecified atom stereocenters. The highest BCUT2D eigenvalue weighted by Gasteiger charge is 2.25. The number of ether oxygens (including phenoxy) is 1. The van der Waals surface area contributed by atoms with Crippen molar-refractivity contribution in [3.8, 4) is 5.75 Å². The molecule has 1 amide bonds. The zero-order valence-electron chi connectivity index (χ0n) is 16.4. The first-order chi connectivity index (χ1) is 13.5. The predicted octanol–water partition coefficient (Wildman–Crippen LogP) is 3.44. The summed E-state index contributed by atoms with van der Waals surface area (Å²) in [5.74, 6) is -0.0808. The highest BCUT2D eigenvalue weighted by Crippen LogP contribution is 2.27. The van der Waals surface area contributed by atoms with Gasteiger partial charge in [0.05, 0.1) is 11.3 Å². The number of aromatic carboxylic acids is 1. The van der Waals surface area contributed by atoms with Crippen LogP contribution in [-0.4, -0.2) is 46.6 Å². The molecular formula is C22H26N2O4. The van der Waals surface area contributed by atoms with E-state index in [-0.39, 0.29) is 24.0 Å². The Hall–Kier alpha value is -2.89. The molecule has 0 saturated carbocycles. The Bertz CT molecular complexity index is 848. The maximum absolute atomic E-state index is 12.7. The molecule has 1 aromatic carbocycles. The summed E-state index contributed by atoms with van der Waals surface area (Å²) < 4.78 is 5.76. The van der Waals surface area contributed by atoms with Crippen molar-refractivity contribution in [3.63, 3.8) is 0 Å². The van der Waals surface area contributed by atoms with Crippen molar-refractivity contribution in [2.24, 2.45) is 0 Å². The van der Waals surface area contributed by atoms with Crippen LogP contribution >= 0.6 is 0 Å². The Labute approximate surface area is 165 Å². The number of amides is 1. The van der Waals surface area contributed by atoms with E-state index >= 15 is 0 Å². The fourth-order valence-electron chi connectivity index (χ4n) is 3.59. The lowest BCUT2D eigenvalue weighted by Gasteiger charge is -2.33. The highest BCUT2D eigenvalue weighted by atomic mass is 16.5. The maximum atomic E-state index is 12.7. The van der Waals surface area contributed by atoms with Gasteiger partial charge in [0.25, 0.3) is 5.91 Å². The second-order valence-corrected chi connectivity index (χ2v) is 7.15. The fraction of sp³-hybridized carbons (Fsp3) is 0.409. The van der Waals surface area contributed by atoms with E-state index in [1.807, 2.05) is 43.0 Å². The normalized spacial score (nSPS) is 16.6. The number of carbonyl (C=O) groups is 2. The van der Waals surface area contributed by atoms with Crippen LogP contribution in [0.5, 0.6) is 5.75 Å². The van der Waals surface area contributed by atoms with Crippen molar-refractivity contribution in [1.29, 1.82) is 0 Å². The summed E-state index contributed by atoms with van der Waals surface area (Å²) in [5, 5.41) is 9.04. The number of aryl methyl sites for hydroxylation is 2. The molecule has 0 radical (unpaired) electrons. The van der Waals surface area contributed by atoms with Gasteiger partial charge < -0.3 is 14.7 Å². The van der Waals surface area contributed by atoms with Crippen LogP contribution in [0.25, 0.3) is 0 Å². The van der Waals surface area contributed by atoms with E-state index in [0.29, 0.717) is 12.3 Å². The molecule has 3 rings (SSSR count). The molecule has 6 heteroatoms. The predicted molar refractivity (Wildman–Crippen MR) is 106 cm³/mol. The van der Waals surface area contributed by atoms with Gasteiger partial charge in [-0.3, -0.25) is 9.78 Å². The molecule has 148 valence electrons. The van der Waals surface area contributed by atoms with Gasteiger partial charge in [-0.05, 0) is 56.0 Å². The molecule has 0 aliphatic carbocycles. The number of hydrogen-bond acceptors (Lipinski definition) is 4. The number of rotatable bonds is 6. The average molecular weight is 382 g/mol. The standard InChI is InChI=1S/C22H26N2O4/c1-3-19-20(11-6-15(2)23-19)28-14-21(25)24-12-4-5-18(13-24)16-7-9-17(10-8-16)22(26)27/h6-11,18H,3-5,12-14H2,1-2H3,(H,26,27)/t18-/m0/s1. The van der Waals surface area contributed by atoms with Crippen LogP contribution in [0, 0.1) is 6.92 Å². The first-order valence-corrected chi connectivity index (χ1v) is 9.68. The van der Waals surface area contributed by atoms with Gasteiger partial charge in [-0.25, -0.2) is 4.79 Å². The van der Waals surface area contributed by atoms with Crippen LogP contribution in [0.4, 0.5) is 0 Å². The fourth-order valence-corrected chi connectivity index (χ4v) is 3.59. The number of carbonyl (C=O) groups excluding carboxylic acids is 1. The Kier molecular flexibility index (Phi) is 6.29. The third kappa shape index (κ3) is 4.68. The molecule has 1 saturated heterocycles. The Morgan fingerprint density at radius 3 is 2.64 bits per heavy atom. The van der Waals surface area contributed by atoms with Crippen molar-refractivity contribution in [1.82, 2.24) is 9.88 Å². The molecule has 1 atom stereocenters. The van der Waals surface area contributed by atoms with Gasteiger partial charge in [-0.2, -0.15) is 0 Å². The van der Waals surface area contributed by atoms with Crippen LogP contribution in [-0.2, 0) is 11.2 Å². The summed E-state index contributed by atoms with van der Waals surface area (Å²) in [6.07, 6.45) is 2.66. The highest BCUT2D eigenvalue weighted by molar-refractivity contribution is 5.87. The van der Waals surface area contributed by atoms with E-state index < -0.39 is 5.97 Å². The van der Waals surface area contributed by atoms with Crippen molar-refractivity contribution < 1.29 is 19.4 Å². The lowest BCUT2D eigenvalue weighted by Crippen LogP contribution is -2.41. The topological polar surface area (TPSA) is 79.7 Å². The van der Waals surface area contributed by atoms with Crippen LogP contribution in [0.3, 0.4) is 0 Å². The van der Waals surface area contributed by atoms with Crippen molar-refractivity contribution in [3.05, 3.63) is 58.9 Å². The third-order valence-corrected chi connectivity index (χ3v) is 5.16. The second kappa shape index (κ2) is 8.87. The number of carboxylic acid groups (broad SMARTS) is 1. The van der Waals surface area contributed by atoms with E-state index in [2.05, 4.69) is 4.98 Å². The summed E-state index contributed by atoms with van der Waals surface area (Å²) in [6.45, 7) is 5.30. The summed E-state index contributed by atoms with van der Waals surface area (Å²) in [4.78, 5) is 30.0. The molecule has 6 nitrogen and oxygen atoms in total.